The van der Waals surface area contributed by atoms with Crippen molar-refractivity contribution in [3.8, 4) is 5.75 Å². The molecule has 144 valence electrons. The third kappa shape index (κ3) is 3.60. The number of para-hydroxylation sites is 1. The van der Waals surface area contributed by atoms with Crippen LogP contribution in [0.5, 0.6) is 5.75 Å². The maximum atomic E-state index is 12.5. The van der Waals surface area contributed by atoms with Gasteiger partial charge in [-0.3, -0.25) is 19.3 Å². The van der Waals surface area contributed by atoms with Gasteiger partial charge in [-0.25, -0.2) is 0 Å². The molecule has 1 aliphatic heterocycles. The number of nitrogens with one attached hydrogen (secondary N) is 1. The predicted molar refractivity (Wildman–Crippen MR) is 106 cm³/mol. The molecule has 3 aromatic rings. The van der Waals surface area contributed by atoms with Crippen LogP contribution < -0.4 is 5.32 Å². The Morgan fingerprint density at radius 3 is 2.03 bits per heavy atom. The smallest absolute Gasteiger partial charge is 0.261 e. The molecule has 0 aliphatic carbocycles. The largest absolute Gasteiger partial charge is 0.508 e. The van der Waals surface area contributed by atoms with E-state index >= 15 is 0 Å². The maximum Gasteiger partial charge on any atom is 0.261 e. The fourth-order valence-electron chi connectivity index (χ4n) is 3.26. The summed E-state index contributed by atoms with van der Waals surface area (Å²) in [4.78, 5) is 38.4. The van der Waals surface area contributed by atoms with E-state index in [2.05, 4.69) is 5.32 Å². The Labute approximate surface area is 167 Å². The highest BCUT2D eigenvalue weighted by molar-refractivity contribution is 6.21. The number of amides is 3. The molecule has 0 bridgehead atoms. The Morgan fingerprint density at radius 2 is 1.41 bits per heavy atom. The first-order chi connectivity index (χ1) is 14.0. The number of carbonyl (C=O) groups is 3. The molecule has 6 nitrogen and oxygen atoms in total. The zero-order chi connectivity index (χ0) is 20.4. The molecule has 29 heavy (non-hydrogen) atoms. The van der Waals surface area contributed by atoms with Crippen molar-refractivity contribution in [2.75, 3.05) is 0 Å². The molecule has 0 unspecified atom stereocenters. The molecule has 2 N–H and O–H groups in total. The van der Waals surface area contributed by atoms with Gasteiger partial charge in [-0.1, -0.05) is 42.5 Å². The second kappa shape index (κ2) is 7.59. The van der Waals surface area contributed by atoms with E-state index in [0.717, 1.165) is 5.56 Å². The lowest BCUT2D eigenvalue weighted by Crippen LogP contribution is -2.29. The second-order valence-electron chi connectivity index (χ2n) is 6.75. The first kappa shape index (κ1) is 18.4. The minimum Gasteiger partial charge on any atom is -0.508 e. The Bertz CT molecular complexity index is 1070. The van der Waals surface area contributed by atoms with Gasteiger partial charge in [0.2, 0.25) is 0 Å². The van der Waals surface area contributed by atoms with Crippen LogP contribution in [0, 0.1) is 0 Å². The van der Waals surface area contributed by atoms with Gasteiger partial charge in [-0.15, -0.1) is 0 Å². The van der Waals surface area contributed by atoms with Crippen LogP contribution in [0.25, 0.3) is 0 Å². The average Bonchev–Trinajstić information content (AvgIpc) is 2.98. The maximum absolute atomic E-state index is 12.5. The summed E-state index contributed by atoms with van der Waals surface area (Å²) in [6.07, 6.45) is 0. The molecule has 1 heterocycles. The lowest BCUT2D eigenvalue weighted by molar-refractivity contribution is 0.0641. The number of rotatable bonds is 5. The molecule has 6 heteroatoms. The van der Waals surface area contributed by atoms with Crippen LogP contribution in [0.15, 0.2) is 72.8 Å². The molecule has 3 aromatic carbocycles. The van der Waals surface area contributed by atoms with Gasteiger partial charge in [0, 0.05) is 17.7 Å². The highest BCUT2D eigenvalue weighted by Crippen LogP contribution is 2.24. The molecule has 0 saturated carbocycles. The number of phenols is 1. The number of benzene rings is 3. The van der Waals surface area contributed by atoms with Crippen molar-refractivity contribution in [3.05, 3.63) is 101 Å². The van der Waals surface area contributed by atoms with E-state index in [9.17, 15) is 19.5 Å². The van der Waals surface area contributed by atoms with Gasteiger partial charge in [0.25, 0.3) is 17.7 Å². The highest BCUT2D eigenvalue weighted by atomic mass is 16.3. The second-order valence-corrected chi connectivity index (χ2v) is 6.75. The summed E-state index contributed by atoms with van der Waals surface area (Å²) < 4.78 is 0. The molecule has 0 saturated heterocycles. The van der Waals surface area contributed by atoms with Crippen LogP contribution in [-0.4, -0.2) is 27.7 Å². The van der Waals surface area contributed by atoms with Crippen molar-refractivity contribution in [1.82, 2.24) is 10.2 Å². The van der Waals surface area contributed by atoms with Gasteiger partial charge in [0.15, 0.2) is 0 Å². The molecule has 1 aliphatic rings. The predicted octanol–water partition coefficient (Wildman–Crippen LogP) is 3.12. The van der Waals surface area contributed by atoms with Crippen LogP contribution in [0.4, 0.5) is 0 Å². The summed E-state index contributed by atoms with van der Waals surface area (Å²) in [5.41, 5.74) is 2.65. The monoisotopic (exact) mass is 386 g/mol. The number of nitrogens with zero attached hydrogens (tertiary/aromatic N) is 1. The third-order valence-corrected chi connectivity index (χ3v) is 4.87. The normalized spacial score (nSPS) is 12.8. The summed E-state index contributed by atoms with van der Waals surface area (Å²) in [6.45, 7) is 0.356. The first-order valence-corrected chi connectivity index (χ1v) is 9.14. The molecule has 0 atom stereocenters. The summed E-state index contributed by atoms with van der Waals surface area (Å²) in [6, 6.07) is 20.3. The lowest BCUT2D eigenvalue weighted by Gasteiger charge is -2.14. The van der Waals surface area contributed by atoms with E-state index in [1.807, 2.05) is 0 Å². The molecule has 0 spiro atoms. The van der Waals surface area contributed by atoms with Gasteiger partial charge in [-0.2, -0.15) is 0 Å². The standard InChI is InChI=1S/C23H18N2O4/c26-20-8-4-1-5-17(20)13-24-21(27)16-11-9-15(10-12-16)14-25-22(28)18-6-2-3-7-19(18)23(25)29/h1-12,26H,13-14H2,(H,24,27). The molecule has 0 radical (unpaired) electrons. The van der Waals surface area contributed by atoms with Crippen LogP contribution in [-0.2, 0) is 13.1 Å². The number of carbonyl (C=O) groups excluding carboxylic acids is 3. The Kier molecular flexibility index (Phi) is 4.83. The Morgan fingerprint density at radius 1 is 0.828 bits per heavy atom. The highest BCUT2D eigenvalue weighted by Gasteiger charge is 2.34. The van der Waals surface area contributed by atoms with E-state index in [-0.39, 0.29) is 36.6 Å². The number of fused-ring (bicyclic) bond motifs is 1. The summed E-state index contributed by atoms with van der Waals surface area (Å²) in [5, 5.41) is 12.5. The number of phenolic OH excluding ortho intramolecular Hbond substituents is 1. The molecular formula is C23H18N2O4. The summed E-state index contributed by atoms with van der Waals surface area (Å²) in [7, 11) is 0. The molecular weight excluding hydrogens is 368 g/mol. The van der Waals surface area contributed by atoms with Crippen molar-refractivity contribution in [2.24, 2.45) is 0 Å². The number of hydrogen-bond acceptors (Lipinski definition) is 4. The molecule has 0 fully saturated rings. The zero-order valence-corrected chi connectivity index (χ0v) is 15.5. The van der Waals surface area contributed by atoms with Gasteiger partial charge in [0.1, 0.15) is 5.75 Å². The Balaban J connectivity index is 1.41. The van der Waals surface area contributed by atoms with Crippen molar-refractivity contribution >= 4 is 17.7 Å². The SMILES string of the molecule is O=C(NCc1ccccc1O)c1ccc(CN2C(=O)c3ccccc3C2=O)cc1. The fraction of sp³-hybridized carbons (Fsp3) is 0.0870. The quantitative estimate of drug-likeness (QED) is 0.660. The molecule has 0 aromatic heterocycles. The van der Waals surface area contributed by atoms with E-state index in [1.54, 1.807) is 72.8 Å². The number of hydrogen-bond donors (Lipinski definition) is 2. The van der Waals surface area contributed by atoms with E-state index < -0.39 is 0 Å². The van der Waals surface area contributed by atoms with Gasteiger partial charge in [-0.05, 0) is 35.9 Å². The minimum atomic E-state index is -0.310. The van der Waals surface area contributed by atoms with Crippen LogP contribution in [0.2, 0.25) is 0 Å². The van der Waals surface area contributed by atoms with Gasteiger partial charge in [0.05, 0.1) is 17.7 Å². The average molecular weight is 386 g/mol. The number of imide groups is 1. The van der Waals surface area contributed by atoms with Crippen molar-refractivity contribution < 1.29 is 19.5 Å². The van der Waals surface area contributed by atoms with Crippen LogP contribution in [0.3, 0.4) is 0 Å². The van der Waals surface area contributed by atoms with Crippen molar-refractivity contribution in [1.29, 1.82) is 0 Å². The minimum absolute atomic E-state index is 0.129. The van der Waals surface area contributed by atoms with Crippen molar-refractivity contribution in [2.45, 2.75) is 13.1 Å². The van der Waals surface area contributed by atoms with Gasteiger partial charge >= 0.3 is 0 Å². The van der Waals surface area contributed by atoms with Crippen LogP contribution >= 0.6 is 0 Å². The van der Waals surface area contributed by atoms with Crippen molar-refractivity contribution in [3.63, 3.8) is 0 Å². The van der Waals surface area contributed by atoms with E-state index in [0.29, 0.717) is 22.3 Å². The summed E-state index contributed by atoms with van der Waals surface area (Å²) >= 11 is 0. The van der Waals surface area contributed by atoms with Crippen LogP contribution in [0.1, 0.15) is 42.2 Å². The first-order valence-electron chi connectivity index (χ1n) is 9.14. The molecule has 4 rings (SSSR count). The zero-order valence-electron chi connectivity index (χ0n) is 15.5. The Hall–Kier alpha value is -3.93. The number of aromatic hydroxyl groups is 1. The summed E-state index contributed by atoms with van der Waals surface area (Å²) in [5.74, 6) is -0.769. The van der Waals surface area contributed by atoms with E-state index in [4.69, 9.17) is 0 Å². The lowest BCUT2D eigenvalue weighted by atomic mass is 10.1. The topological polar surface area (TPSA) is 86.7 Å². The van der Waals surface area contributed by atoms with Gasteiger partial charge < -0.3 is 10.4 Å². The third-order valence-electron chi connectivity index (χ3n) is 4.87. The fourth-order valence-corrected chi connectivity index (χ4v) is 3.26. The molecule has 3 amide bonds. The van der Waals surface area contributed by atoms with E-state index in [1.165, 1.54) is 4.90 Å².